The molecular weight excluding hydrogens is 380 g/mol. The Balaban J connectivity index is 1.26. The average Bonchev–Trinajstić information content (AvgIpc) is 3.29. The molecule has 8 nitrogen and oxygen atoms in total. The van der Waals surface area contributed by atoms with Gasteiger partial charge < -0.3 is 14.7 Å². The number of likely N-dealkylation sites (tertiary alicyclic amines) is 1. The Hall–Kier alpha value is -2.48. The largest absolute Gasteiger partial charge is 0.350 e. The number of amides is 1. The molecule has 2 saturated heterocycles. The van der Waals surface area contributed by atoms with E-state index in [1.54, 1.807) is 6.20 Å². The van der Waals surface area contributed by atoms with E-state index in [2.05, 4.69) is 44.1 Å². The Labute approximate surface area is 178 Å². The maximum atomic E-state index is 12.7. The van der Waals surface area contributed by atoms with E-state index in [-0.39, 0.29) is 17.7 Å². The molecule has 1 N–H and O–H groups in total. The van der Waals surface area contributed by atoms with Gasteiger partial charge in [-0.15, -0.1) is 0 Å². The number of aromatic nitrogens is 3. The first kappa shape index (κ1) is 20.8. The molecule has 30 heavy (non-hydrogen) atoms. The second kappa shape index (κ2) is 9.55. The number of carbonyl (C=O) groups excluding carboxylic acids is 1. The van der Waals surface area contributed by atoms with Crippen LogP contribution in [0.5, 0.6) is 0 Å². The van der Waals surface area contributed by atoms with Crippen LogP contribution in [0.4, 0.5) is 5.95 Å². The van der Waals surface area contributed by atoms with E-state index in [4.69, 9.17) is 4.52 Å². The van der Waals surface area contributed by atoms with Gasteiger partial charge in [0, 0.05) is 37.8 Å². The molecule has 0 spiro atoms. The first-order valence-corrected chi connectivity index (χ1v) is 11.1. The van der Waals surface area contributed by atoms with Gasteiger partial charge in [-0.2, -0.15) is 4.98 Å². The number of carbonyl (C=O) groups is 1. The summed E-state index contributed by atoms with van der Waals surface area (Å²) in [4.78, 5) is 26.2. The number of nitrogens with zero attached hydrogens (tertiary/aromatic N) is 5. The van der Waals surface area contributed by atoms with Gasteiger partial charge >= 0.3 is 0 Å². The predicted molar refractivity (Wildman–Crippen MR) is 114 cm³/mol. The van der Waals surface area contributed by atoms with E-state index in [9.17, 15) is 4.79 Å². The highest BCUT2D eigenvalue weighted by atomic mass is 16.5. The van der Waals surface area contributed by atoms with Gasteiger partial charge in [-0.3, -0.25) is 14.7 Å². The molecule has 4 rings (SSSR count). The van der Waals surface area contributed by atoms with Crippen molar-refractivity contribution >= 4 is 11.9 Å². The third-order valence-corrected chi connectivity index (χ3v) is 6.18. The molecule has 0 radical (unpaired) electrons. The van der Waals surface area contributed by atoms with E-state index in [0.29, 0.717) is 24.4 Å². The molecule has 8 heteroatoms. The van der Waals surface area contributed by atoms with Crippen LogP contribution < -0.4 is 10.2 Å². The van der Waals surface area contributed by atoms with Gasteiger partial charge in [0.15, 0.2) is 0 Å². The summed E-state index contributed by atoms with van der Waals surface area (Å²) in [5.41, 5.74) is 0.896. The summed E-state index contributed by atoms with van der Waals surface area (Å²) in [6, 6.07) is 6.29. The van der Waals surface area contributed by atoms with Gasteiger partial charge in [0.05, 0.1) is 18.2 Å². The maximum absolute atomic E-state index is 12.7. The minimum absolute atomic E-state index is 0.0614. The third-order valence-electron chi connectivity index (χ3n) is 6.18. The Morgan fingerprint density at radius 1 is 1.23 bits per heavy atom. The highest BCUT2D eigenvalue weighted by molar-refractivity contribution is 5.78. The number of piperidine rings is 2. The zero-order valence-corrected chi connectivity index (χ0v) is 18.0. The zero-order chi connectivity index (χ0) is 20.9. The van der Waals surface area contributed by atoms with Crippen LogP contribution in [0.15, 0.2) is 28.9 Å². The number of hydrogen-bond donors (Lipinski definition) is 1. The van der Waals surface area contributed by atoms with Crippen molar-refractivity contribution in [2.45, 2.75) is 58.0 Å². The van der Waals surface area contributed by atoms with Crippen LogP contribution in [0.25, 0.3) is 0 Å². The summed E-state index contributed by atoms with van der Waals surface area (Å²) in [6.45, 7) is 8.39. The Kier molecular flexibility index (Phi) is 6.62. The molecule has 2 aromatic heterocycles. The van der Waals surface area contributed by atoms with Crippen molar-refractivity contribution in [3.05, 3.63) is 36.0 Å². The lowest BCUT2D eigenvalue weighted by molar-refractivity contribution is -0.127. The monoisotopic (exact) mass is 412 g/mol. The van der Waals surface area contributed by atoms with E-state index in [1.165, 1.54) is 0 Å². The Morgan fingerprint density at radius 3 is 2.77 bits per heavy atom. The fourth-order valence-electron chi connectivity index (χ4n) is 4.40. The van der Waals surface area contributed by atoms with Gasteiger partial charge in [0.1, 0.15) is 0 Å². The van der Waals surface area contributed by atoms with Crippen molar-refractivity contribution in [1.82, 2.24) is 25.3 Å². The quantitative estimate of drug-likeness (QED) is 0.780. The van der Waals surface area contributed by atoms with Crippen molar-refractivity contribution < 1.29 is 9.32 Å². The first-order valence-electron chi connectivity index (χ1n) is 11.1. The predicted octanol–water partition coefficient (Wildman–Crippen LogP) is 2.59. The summed E-state index contributed by atoms with van der Waals surface area (Å²) in [5.74, 6) is 1.87. The Morgan fingerprint density at radius 2 is 2.07 bits per heavy atom. The van der Waals surface area contributed by atoms with E-state index >= 15 is 0 Å². The number of anilines is 1. The van der Waals surface area contributed by atoms with Gasteiger partial charge in [-0.25, -0.2) is 0 Å². The van der Waals surface area contributed by atoms with Crippen LogP contribution >= 0.6 is 0 Å². The third kappa shape index (κ3) is 4.98. The lowest BCUT2D eigenvalue weighted by Gasteiger charge is -2.41. The number of rotatable bonds is 6. The van der Waals surface area contributed by atoms with Gasteiger partial charge in [0.2, 0.25) is 11.8 Å². The highest BCUT2D eigenvalue weighted by Crippen LogP contribution is 2.26. The van der Waals surface area contributed by atoms with E-state index < -0.39 is 0 Å². The summed E-state index contributed by atoms with van der Waals surface area (Å²) < 4.78 is 5.36. The fraction of sp³-hybridized carbons (Fsp3) is 0.636. The van der Waals surface area contributed by atoms with Crippen molar-refractivity contribution in [2.75, 3.05) is 31.1 Å². The van der Waals surface area contributed by atoms with E-state index in [0.717, 1.165) is 57.6 Å². The molecule has 2 aromatic rings. The topological polar surface area (TPSA) is 87.4 Å². The molecule has 2 fully saturated rings. The molecule has 0 saturated carbocycles. The second-order valence-electron chi connectivity index (χ2n) is 8.68. The maximum Gasteiger partial charge on any atom is 0.266 e. The Bertz CT molecular complexity index is 816. The molecule has 1 atom stereocenters. The van der Waals surface area contributed by atoms with E-state index in [1.807, 2.05) is 18.2 Å². The molecule has 2 aliphatic heterocycles. The van der Waals surface area contributed by atoms with Crippen LogP contribution in [0.1, 0.15) is 57.0 Å². The van der Waals surface area contributed by atoms with Crippen LogP contribution in [0.3, 0.4) is 0 Å². The highest BCUT2D eigenvalue weighted by Gasteiger charge is 2.32. The molecule has 0 bridgehead atoms. The summed E-state index contributed by atoms with van der Waals surface area (Å²) in [7, 11) is 0. The lowest BCUT2D eigenvalue weighted by Crippen LogP contribution is -2.51. The van der Waals surface area contributed by atoms with Crippen molar-refractivity contribution in [3.63, 3.8) is 0 Å². The summed E-state index contributed by atoms with van der Waals surface area (Å²) in [6.07, 6.45) is 5.92. The molecule has 0 aliphatic carbocycles. The van der Waals surface area contributed by atoms with Gasteiger partial charge in [-0.1, -0.05) is 19.9 Å². The SMILES string of the molecule is CC(C)c1nc(N2CCC(N3CCCC(C(=O)NCc4ccccn4)C3)CC2)no1. The molecular formula is C22H32N6O2. The van der Waals surface area contributed by atoms with Crippen LogP contribution in [0.2, 0.25) is 0 Å². The standard InChI is InChI=1S/C22H32N6O2/c1-16(2)21-25-22(26-30-21)27-12-8-19(9-13-27)28-11-5-6-17(15-28)20(29)24-14-18-7-3-4-10-23-18/h3-4,7,10,16-17,19H,5-6,8-9,11-15H2,1-2H3,(H,24,29). The van der Waals surface area contributed by atoms with Crippen LogP contribution in [0, 0.1) is 5.92 Å². The number of nitrogens with one attached hydrogen (secondary N) is 1. The molecule has 0 aromatic carbocycles. The van der Waals surface area contributed by atoms with Crippen molar-refractivity contribution in [3.8, 4) is 0 Å². The molecule has 1 amide bonds. The van der Waals surface area contributed by atoms with Crippen LogP contribution in [-0.2, 0) is 11.3 Å². The average molecular weight is 413 g/mol. The molecule has 162 valence electrons. The van der Waals surface area contributed by atoms with Crippen LogP contribution in [-0.4, -0.2) is 58.2 Å². The first-order chi connectivity index (χ1) is 14.6. The normalized spacial score (nSPS) is 21.2. The lowest BCUT2D eigenvalue weighted by atomic mass is 9.93. The number of hydrogen-bond acceptors (Lipinski definition) is 7. The van der Waals surface area contributed by atoms with Crippen molar-refractivity contribution in [2.24, 2.45) is 5.92 Å². The van der Waals surface area contributed by atoms with Crippen molar-refractivity contribution in [1.29, 1.82) is 0 Å². The molecule has 1 unspecified atom stereocenters. The number of pyridine rings is 1. The zero-order valence-electron chi connectivity index (χ0n) is 18.0. The van der Waals surface area contributed by atoms with Gasteiger partial charge in [0.25, 0.3) is 5.95 Å². The second-order valence-corrected chi connectivity index (χ2v) is 8.68. The summed E-state index contributed by atoms with van der Waals surface area (Å²) >= 11 is 0. The molecule has 2 aliphatic rings. The molecule has 4 heterocycles. The minimum Gasteiger partial charge on any atom is -0.350 e. The minimum atomic E-state index is 0.0614. The summed E-state index contributed by atoms with van der Waals surface area (Å²) in [5, 5.41) is 7.22. The van der Waals surface area contributed by atoms with Gasteiger partial charge in [-0.05, 0) is 49.5 Å². The fourth-order valence-corrected chi connectivity index (χ4v) is 4.40. The smallest absolute Gasteiger partial charge is 0.266 e.